The van der Waals surface area contributed by atoms with Gasteiger partial charge in [-0.25, -0.2) is 0 Å². The van der Waals surface area contributed by atoms with Crippen LogP contribution in [0.1, 0.15) is 35.7 Å². The van der Waals surface area contributed by atoms with E-state index in [0.29, 0.717) is 17.2 Å². The monoisotopic (exact) mass is 452 g/mol. The van der Waals surface area contributed by atoms with Crippen LogP contribution >= 0.6 is 0 Å². The molecule has 1 amide bonds. The predicted molar refractivity (Wildman–Crippen MR) is 129 cm³/mol. The zero-order valence-electron chi connectivity index (χ0n) is 19.2. The Labute approximate surface area is 194 Å². The van der Waals surface area contributed by atoms with E-state index < -0.39 is 4.92 Å². The Kier molecular flexibility index (Phi) is 7.57. The van der Waals surface area contributed by atoms with Crippen LogP contribution in [0.2, 0.25) is 0 Å². The number of nitrogens with one attached hydrogen (secondary N) is 1. The summed E-state index contributed by atoms with van der Waals surface area (Å²) < 4.78 is 5.39. The van der Waals surface area contributed by atoms with Gasteiger partial charge < -0.3 is 15.0 Å². The normalized spacial score (nSPS) is 17.7. The summed E-state index contributed by atoms with van der Waals surface area (Å²) in [5.74, 6) is 0.326. The van der Waals surface area contributed by atoms with Gasteiger partial charge in [-0.2, -0.15) is 0 Å². The molecular weight excluding hydrogens is 420 g/mol. The number of anilines is 2. The molecule has 176 valence electrons. The summed E-state index contributed by atoms with van der Waals surface area (Å²) in [5, 5.41) is 14.3. The number of non-ortho nitro benzene ring substituents is 1. The lowest BCUT2D eigenvalue weighted by atomic mass is 9.98. The number of piperidine rings is 1. The van der Waals surface area contributed by atoms with Crippen molar-refractivity contribution in [1.29, 1.82) is 0 Å². The number of ether oxygens (including phenoxy) is 1. The molecule has 2 aliphatic heterocycles. The lowest BCUT2D eigenvalue weighted by Crippen LogP contribution is -2.37. The number of amides is 1. The highest BCUT2D eigenvalue weighted by atomic mass is 16.6. The Morgan fingerprint density at radius 2 is 1.79 bits per heavy atom. The molecule has 0 unspecified atom stereocenters. The Balaban J connectivity index is 1.44. The Hall–Kier alpha value is -2.97. The number of hydrogen-bond donors (Lipinski definition) is 1. The van der Waals surface area contributed by atoms with E-state index in [1.165, 1.54) is 17.7 Å². The van der Waals surface area contributed by atoms with E-state index in [1.807, 2.05) is 24.3 Å². The standard InChI is InChI=1S/C25H32N4O4/c1-19-8-12-28(13-9-19)24-7-6-22(29(31)32)18-23(24)25(30)26-21-4-2-20(3-5-21)10-11-27-14-16-33-17-15-27/h2-7,18-19H,8-17H2,1H3,(H,26,30). The highest BCUT2D eigenvalue weighted by Crippen LogP contribution is 2.30. The van der Waals surface area contributed by atoms with E-state index >= 15 is 0 Å². The van der Waals surface area contributed by atoms with Gasteiger partial charge in [0.25, 0.3) is 11.6 Å². The minimum Gasteiger partial charge on any atom is -0.379 e. The molecule has 0 aliphatic carbocycles. The summed E-state index contributed by atoms with van der Waals surface area (Å²) in [4.78, 5) is 28.6. The predicted octanol–water partition coefficient (Wildman–Crippen LogP) is 3.96. The van der Waals surface area contributed by atoms with Crippen molar-refractivity contribution >= 4 is 23.0 Å². The van der Waals surface area contributed by atoms with E-state index in [2.05, 4.69) is 22.0 Å². The summed E-state index contributed by atoms with van der Waals surface area (Å²) in [6.45, 7) is 8.42. The molecule has 4 rings (SSSR count). The Morgan fingerprint density at radius 3 is 2.45 bits per heavy atom. The summed E-state index contributed by atoms with van der Waals surface area (Å²) in [7, 11) is 0. The molecule has 0 radical (unpaired) electrons. The van der Waals surface area contributed by atoms with Crippen molar-refractivity contribution in [2.24, 2.45) is 5.92 Å². The lowest BCUT2D eigenvalue weighted by molar-refractivity contribution is -0.384. The zero-order valence-corrected chi connectivity index (χ0v) is 19.2. The first-order chi connectivity index (χ1) is 16.0. The SMILES string of the molecule is CC1CCN(c2ccc([N+](=O)[O-])cc2C(=O)Nc2ccc(CCN3CCOCC3)cc2)CC1. The van der Waals surface area contributed by atoms with Gasteiger partial charge in [-0.05, 0) is 48.9 Å². The molecule has 2 heterocycles. The highest BCUT2D eigenvalue weighted by Gasteiger charge is 2.23. The topological polar surface area (TPSA) is 87.9 Å². The number of rotatable bonds is 7. The van der Waals surface area contributed by atoms with Crippen LogP contribution < -0.4 is 10.2 Å². The van der Waals surface area contributed by atoms with Gasteiger partial charge in [0.15, 0.2) is 0 Å². The molecule has 0 aromatic heterocycles. The van der Waals surface area contributed by atoms with Crippen molar-refractivity contribution in [2.75, 3.05) is 56.2 Å². The van der Waals surface area contributed by atoms with Crippen LogP contribution in [-0.4, -0.2) is 61.7 Å². The van der Waals surface area contributed by atoms with Crippen molar-refractivity contribution in [3.63, 3.8) is 0 Å². The molecule has 2 aromatic carbocycles. The van der Waals surface area contributed by atoms with Gasteiger partial charge in [0.2, 0.25) is 0 Å². The largest absolute Gasteiger partial charge is 0.379 e. The third-order valence-electron chi connectivity index (χ3n) is 6.59. The second kappa shape index (κ2) is 10.8. The summed E-state index contributed by atoms with van der Waals surface area (Å²) in [5.41, 5.74) is 2.91. The number of nitro groups is 1. The maximum absolute atomic E-state index is 13.2. The number of benzene rings is 2. The fourth-order valence-corrected chi connectivity index (χ4v) is 4.41. The highest BCUT2D eigenvalue weighted by molar-refractivity contribution is 6.08. The van der Waals surface area contributed by atoms with Crippen LogP contribution in [0.3, 0.4) is 0 Å². The lowest BCUT2D eigenvalue weighted by Gasteiger charge is -2.33. The molecule has 2 aromatic rings. The molecule has 2 saturated heterocycles. The molecule has 0 spiro atoms. The molecule has 0 saturated carbocycles. The number of carbonyl (C=O) groups excluding carboxylic acids is 1. The molecule has 33 heavy (non-hydrogen) atoms. The van der Waals surface area contributed by atoms with Crippen molar-refractivity contribution in [3.8, 4) is 0 Å². The maximum Gasteiger partial charge on any atom is 0.270 e. The van der Waals surface area contributed by atoms with Gasteiger partial charge >= 0.3 is 0 Å². The number of hydrogen-bond acceptors (Lipinski definition) is 6. The van der Waals surface area contributed by atoms with Crippen LogP contribution in [0.25, 0.3) is 0 Å². The molecule has 1 N–H and O–H groups in total. The van der Waals surface area contributed by atoms with Crippen LogP contribution in [0.5, 0.6) is 0 Å². The molecule has 8 heteroatoms. The average molecular weight is 453 g/mol. The third kappa shape index (κ3) is 6.09. The van der Waals surface area contributed by atoms with E-state index in [4.69, 9.17) is 4.74 Å². The molecule has 0 bridgehead atoms. The first-order valence-corrected chi connectivity index (χ1v) is 11.7. The first kappa shape index (κ1) is 23.2. The zero-order chi connectivity index (χ0) is 23.2. The number of morpholine rings is 1. The van der Waals surface area contributed by atoms with Gasteiger partial charge in [-0.3, -0.25) is 19.8 Å². The van der Waals surface area contributed by atoms with E-state index in [1.54, 1.807) is 6.07 Å². The summed E-state index contributed by atoms with van der Waals surface area (Å²) >= 11 is 0. The van der Waals surface area contributed by atoms with E-state index in [-0.39, 0.29) is 11.6 Å². The third-order valence-corrected chi connectivity index (χ3v) is 6.59. The fraction of sp³-hybridized carbons (Fsp3) is 0.480. The van der Waals surface area contributed by atoms with Crippen molar-refractivity contribution in [1.82, 2.24) is 4.90 Å². The smallest absolute Gasteiger partial charge is 0.270 e. The van der Waals surface area contributed by atoms with E-state index in [9.17, 15) is 14.9 Å². The van der Waals surface area contributed by atoms with Crippen molar-refractivity contribution < 1.29 is 14.5 Å². The van der Waals surface area contributed by atoms with Crippen LogP contribution in [-0.2, 0) is 11.2 Å². The van der Waals surface area contributed by atoms with Gasteiger partial charge in [-0.15, -0.1) is 0 Å². The van der Waals surface area contributed by atoms with Crippen molar-refractivity contribution in [2.45, 2.75) is 26.2 Å². The number of nitro benzene ring substituents is 1. The van der Waals surface area contributed by atoms with Crippen LogP contribution in [0.4, 0.5) is 17.1 Å². The molecule has 8 nitrogen and oxygen atoms in total. The van der Waals surface area contributed by atoms with Gasteiger partial charge in [0.1, 0.15) is 0 Å². The average Bonchev–Trinajstić information content (AvgIpc) is 2.84. The second-order valence-corrected chi connectivity index (χ2v) is 8.98. The molecule has 2 fully saturated rings. The fourth-order valence-electron chi connectivity index (χ4n) is 4.41. The molecule has 0 atom stereocenters. The van der Waals surface area contributed by atoms with Gasteiger partial charge in [0.05, 0.1) is 29.4 Å². The Bertz CT molecular complexity index is 965. The molecular formula is C25H32N4O4. The maximum atomic E-state index is 13.2. The first-order valence-electron chi connectivity index (χ1n) is 11.7. The van der Waals surface area contributed by atoms with E-state index in [0.717, 1.165) is 70.9 Å². The van der Waals surface area contributed by atoms with Crippen molar-refractivity contribution in [3.05, 3.63) is 63.7 Å². The van der Waals surface area contributed by atoms with Crippen LogP contribution in [0.15, 0.2) is 42.5 Å². The van der Waals surface area contributed by atoms with Crippen LogP contribution in [0, 0.1) is 16.0 Å². The quantitative estimate of drug-likeness (QED) is 0.505. The minimum absolute atomic E-state index is 0.0762. The Morgan fingerprint density at radius 1 is 1.09 bits per heavy atom. The number of nitrogens with zero attached hydrogens (tertiary/aromatic N) is 3. The minimum atomic E-state index is -0.456. The molecule has 2 aliphatic rings. The summed E-state index contributed by atoms with van der Waals surface area (Å²) in [6.07, 6.45) is 3.03. The summed E-state index contributed by atoms with van der Waals surface area (Å²) in [6, 6.07) is 12.4. The van der Waals surface area contributed by atoms with Gasteiger partial charge in [-0.1, -0.05) is 19.1 Å². The second-order valence-electron chi connectivity index (χ2n) is 8.98. The number of carbonyl (C=O) groups is 1. The van der Waals surface area contributed by atoms with Gasteiger partial charge in [0, 0.05) is 50.5 Å².